The molecule has 0 amide bonds. The van der Waals surface area contributed by atoms with Crippen molar-refractivity contribution in [3.05, 3.63) is 35.5 Å². The highest BCUT2D eigenvalue weighted by molar-refractivity contribution is 5.91. The molecule has 7 heteroatoms. The average molecular weight is 364 g/mol. The minimum absolute atomic E-state index is 0.0864. The minimum atomic E-state index is -0.681. The highest BCUT2D eigenvalue weighted by Crippen LogP contribution is 2.36. The lowest BCUT2D eigenvalue weighted by atomic mass is 9.85. The molecule has 0 radical (unpaired) electrons. The molecule has 1 N–H and O–H groups in total. The van der Waals surface area contributed by atoms with E-state index in [1.165, 1.54) is 13.8 Å². The number of aliphatic hydroxyl groups excluding tert-OH is 1. The van der Waals surface area contributed by atoms with Crippen LogP contribution in [0.3, 0.4) is 0 Å². The van der Waals surface area contributed by atoms with Crippen LogP contribution in [0.25, 0.3) is 0 Å². The van der Waals surface area contributed by atoms with Gasteiger partial charge >= 0.3 is 17.9 Å². The number of esters is 3. The second-order valence-electron chi connectivity index (χ2n) is 6.44. The van der Waals surface area contributed by atoms with Crippen LogP contribution in [0.5, 0.6) is 0 Å². The fourth-order valence-electron chi connectivity index (χ4n) is 3.20. The van der Waals surface area contributed by atoms with E-state index in [9.17, 15) is 19.5 Å². The van der Waals surface area contributed by atoms with E-state index in [0.29, 0.717) is 24.8 Å². The standard InChI is InChI=1S/C19H24O7/c1-11-18-16(25-13(3)22)7-14(9-20)5-4-6-15(10-24-12(2)21)8-17(18)26-19(11)23/h5,8,16-18,20H,1,4,6-7,9-10H2,2-3H3/b14-5-,15-8-/t16?,17?,18-/m1/s1. The molecule has 0 aromatic heterocycles. The summed E-state index contributed by atoms with van der Waals surface area (Å²) in [4.78, 5) is 34.7. The Kier molecular flexibility index (Phi) is 6.74. The summed E-state index contributed by atoms with van der Waals surface area (Å²) in [6.07, 6.45) is 3.77. The Morgan fingerprint density at radius 2 is 2.04 bits per heavy atom. The summed E-state index contributed by atoms with van der Waals surface area (Å²) in [6.45, 7) is 6.31. The van der Waals surface area contributed by atoms with Crippen LogP contribution in [-0.4, -0.2) is 48.4 Å². The van der Waals surface area contributed by atoms with Crippen LogP contribution in [0, 0.1) is 5.92 Å². The monoisotopic (exact) mass is 364 g/mol. The van der Waals surface area contributed by atoms with Crippen LogP contribution in [0.1, 0.15) is 33.1 Å². The zero-order chi connectivity index (χ0) is 19.3. The number of rotatable bonds is 4. The van der Waals surface area contributed by atoms with Gasteiger partial charge in [-0.25, -0.2) is 4.79 Å². The molecule has 26 heavy (non-hydrogen) atoms. The van der Waals surface area contributed by atoms with E-state index in [2.05, 4.69) is 6.58 Å². The number of hydrogen-bond donors (Lipinski definition) is 1. The zero-order valence-corrected chi connectivity index (χ0v) is 15.0. The largest absolute Gasteiger partial charge is 0.461 e. The maximum atomic E-state index is 12.1. The minimum Gasteiger partial charge on any atom is -0.461 e. The van der Waals surface area contributed by atoms with Crippen molar-refractivity contribution in [3.63, 3.8) is 0 Å². The molecule has 0 aromatic rings. The van der Waals surface area contributed by atoms with Crippen molar-refractivity contribution in [2.24, 2.45) is 5.92 Å². The molecular weight excluding hydrogens is 340 g/mol. The number of carbonyl (C=O) groups is 3. The molecule has 0 saturated carbocycles. The van der Waals surface area contributed by atoms with Gasteiger partial charge in [-0.1, -0.05) is 12.7 Å². The van der Waals surface area contributed by atoms with E-state index in [0.717, 1.165) is 5.57 Å². The molecule has 1 heterocycles. The van der Waals surface area contributed by atoms with E-state index in [4.69, 9.17) is 14.2 Å². The van der Waals surface area contributed by atoms with Crippen LogP contribution in [0.2, 0.25) is 0 Å². The maximum Gasteiger partial charge on any atom is 0.334 e. The van der Waals surface area contributed by atoms with Crippen LogP contribution in [-0.2, 0) is 28.6 Å². The Labute approximate surface area is 152 Å². The fraction of sp³-hybridized carbons (Fsp3) is 0.526. The first-order chi connectivity index (χ1) is 12.3. The van der Waals surface area contributed by atoms with Crippen molar-refractivity contribution >= 4 is 17.9 Å². The molecule has 1 fully saturated rings. The molecule has 2 rings (SSSR count). The molecular formula is C19H24O7. The zero-order valence-electron chi connectivity index (χ0n) is 15.0. The highest BCUT2D eigenvalue weighted by atomic mass is 16.6. The third kappa shape index (κ3) is 5.05. The van der Waals surface area contributed by atoms with Crippen molar-refractivity contribution in [1.29, 1.82) is 0 Å². The highest BCUT2D eigenvalue weighted by Gasteiger charge is 2.44. The van der Waals surface area contributed by atoms with Crippen molar-refractivity contribution in [2.75, 3.05) is 13.2 Å². The molecule has 1 saturated heterocycles. The second-order valence-corrected chi connectivity index (χ2v) is 6.44. The third-order valence-corrected chi connectivity index (χ3v) is 4.41. The smallest absolute Gasteiger partial charge is 0.334 e. The number of carbonyl (C=O) groups excluding carboxylic acids is 3. The van der Waals surface area contributed by atoms with Gasteiger partial charge in [-0.2, -0.15) is 0 Å². The summed E-state index contributed by atoms with van der Waals surface area (Å²) in [5.41, 5.74) is 1.72. The number of ether oxygens (including phenoxy) is 3. The predicted molar refractivity (Wildman–Crippen MR) is 91.8 cm³/mol. The Morgan fingerprint density at radius 3 is 2.65 bits per heavy atom. The SMILES string of the molecule is C=C1C(=O)OC2/C=C(\COC(C)=O)CC/C=C(\CO)CC(OC(C)=O)[C@@H]12. The molecule has 2 aliphatic rings. The maximum absolute atomic E-state index is 12.1. The number of aliphatic hydroxyl groups is 1. The molecule has 3 atom stereocenters. The van der Waals surface area contributed by atoms with E-state index >= 15 is 0 Å². The van der Waals surface area contributed by atoms with Gasteiger partial charge in [0.1, 0.15) is 18.8 Å². The van der Waals surface area contributed by atoms with Crippen LogP contribution in [0.4, 0.5) is 0 Å². The van der Waals surface area contributed by atoms with E-state index < -0.39 is 36.0 Å². The topological polar surface area (TPSA) is 99.1 Å². The molecule has 2 unspecified atom stereocenters. The normalized spacial score (nSPS) is 30.2. The quantitative estimate of drug-likeness (QED) is 0.350. The van der Waals surface area contributed by atoms with Crippen LogP contribution in [0.15, 0.2) is 35.5 Å². The van der Waals surface area contributed by atoms with Gasteiger partial charge in [0.2, 0.25) is 0 Å². The van der Waals surface area contributed by atoms with Crippen molar-refractivity contribution in [3.8, 4) is 0 Å². The predicted octanol–water partition coefficient (Wildman–Crippen LogP) is 1.61. The van der Waals surface area contributed by atoms with Gasteiger partial charge in [0.25, 0.3) is 0 Å². The number of hydrogen-bond acceptors (Lipinski definition) is 7. The summed E-state index contributed by atoms with van der Waals surface area (Å²) in [5.74, 6) is -2.00. The molecule has 142 valence electrons. The van der Waals surface area contributed by atoms with Gasteiger partial charge in [-0.15, -0.1) is 0 Å². The molecule has 7 nitrogen and oxygen atoms in total. The first-order valence-corrected chi connectivity index (χ1v) is 8.50. The molecule has 0 spiro atoms. The number of allylic oxidation sites excluding steroid dienone is 1. The van der Waals surface area contributed by atoms with Gasteiger partial charge in [-0.3, -0.25) is 9.59 Å². The lowest BCUT2D eigenvalue weighted by molar-refractivity contribution is -0.149. The van der Waals surface area contributed by atoms with Crippen LogP contribution < -0.4 is 0 Å². The second kappa shape index (κ2) is 8.80. The van der Waals surface area contributed by atoms with Crippen molar-refractivity contribution in [2.45, 2.75) is 45.3 Å². The molecule has 0 aromatic carbocycles. The first kappa shape index (κ1) is 19.9. The lowest BCUT2D eigenvalue weighted by Crippen LogP contribution is -2.33. The number of fused-ring (bicyclic) bond motifs is 1. The van der Waals surface area contributed by atoms with Crippen LogP contribution >= 0.6 is 0 Å². The lowest BCUT2D eigenvalue weighted by Gasteiger charge is -2.27. The van der Waals surface area contributed by atoms with Gasteiger partial charge in [0.15, 0.2) is 0 Å². The van der Waals surface area contributed by atoms with Gasteiger partial charge in [0.05, 0.1) is 12.5 Å². The third-order valence-electron chi connectivity index (χ3n) is 4.41. The van der Waals surface area contributed by atoms with E-state index in [1.54, 1.807) is 6.08 Å². The Hall–Kier alpha value is -2.41. The summed E-state index contributed by atoms with van der Waals surface area (Å²) in [7, 11) is 0. The molecule has 1 aliphatic heterocycles. The fourth-order valence-corrected chi connectivity index (χ4v) is 3.20. The Morgan fingerprint density at radius 1 is 1.31 bits per heavy atom. The summed E-state index contributed by atoms with van der Waals surface area (Å²) in [5, 5.41) is 9.61. The van der Waals surface area contributed by atoms with Crippen molar-refractivity contribution < 1.29 is 33.7 Å². The van der Waals surface area contributed by atoms with E-state index in [1.807, 2.05) is 6.08 Å². The Balaban J connectivity index is 2.39. The van der Waals surface area contributed by atoms with Gasteiger partial charge in [-0.05, 0) is 30.1 Å². The van der Waals surface area contributed by atoms with Gasteiger partial charge in [0, 0.05) is 25.8 Å². The molecule has 0 bridgehead atoms. The summed E-state index contributed by atoms with van der Waals surface area (Å²) < 4.78 is 15.9. The molecule has 1 aliphatic carbocycles. The van der Waals surface area contributed by atoms with E-state index in [-0.39, 0.29) is 18.8 Å². The summed E-state index contributed by atoms with van der Waals surface area (Å²) in [6, 6.07) is 0. The summed E-state index contributed by atoms with van der Waals surface area (Å²) >= 11 is 0. The average Bonchev–Trinajstić information content (AvgIpc) is 2.84. The van der Waals surface area contributed by atoms with Gasteiger partial charge < -0.3 is 19.3 Å². The van der Waals surface area contributed by atoms with Crippen molar-refractivity contribution in [1.82, 2.24) is 0 Å². The Bertz CT molecular complexity index is 659. The first-order valence-electron chi connectivity index (χ1n) is 8.50.